The van der Waals surface area contributed by atoms with E-state index in [2.05, 4.69) is 21.2 Å². The molecule has 0 heterocycles. The summed E-state index contributed by atoms with van der Waals surface area (Å²) in [6.07, 6.45) is -2.46. The molecule has 0 aliphatic heterocycles. The molecule has 0 aromatic heterocycles. The van der Waals surface area contributed by atoms with Crippen molar-refractivity contribution in [2.75, 3.05) is 25.1 Å². The maximum absolute atomic E-state index is 11.8. The van der Waals surface area contributed by atoms with Crippen LogP contribution in [-0.2, 0) is 4.74 Å². The van der Waals surface area contributed by atoms with Gasteiger partial charge in [0.15, 0.2) is 0 Å². The SMILES string of the molecule is O=C(O)c1ccc(NCCOCC(F)F)cc1Br. The number of aromatic carboxylic acids is 1. The Morgan fingerprint density at radius 2 is 2.22 bits per heavy atom. The van der Waals surface area contributed by atoms with E-state index in [0.29, 0.717) is 16.7 Å². The average Bonchev–Trinajstić information content (AvgIpc) is 2.27. The third-order valence-electron chi connectivity index (χ3n) is 2.02. The van der Waals surface area contributed by atoms with Gasteiger partial charge in [0.25, 0.3) is 6.43 Å². The Morgan fingerprint density at radius 3 is 2.78 bits per heavy atom. The van der Waals surface area contributed by atoms with E-state index in [1.54, 1.807) is 12.1 Å². The van der Waals surface area contributed by atoms with Gasteiger partial charge in [-0.15, -0.1) is 0 Å². The molecule has 1 rings (SSSR count). The number of carbonyl (C=O) groups is 1. The number of anilines is 1. The molecule has 0 saturated carbocycles. The molecule has 0 atom stereocenters. The quantitative estimate of drug-likeness (QED) is 0.757. The summed E-state index contributed by atoms with van der Waals surface area (Å²) in [6, 6.07) is 4.66. The van der Waals surface area contributed by atoms with Crippen LogP contribution in [0.25, 0.3) is 0 Å². The third kappa shape index (κ3) is 4.97. The van der Waals surface area contributed by atoms with Crippen molar-refractivity contribution in [1.82, 2.24) is 0 Å². The first-order chi connectivity index (χ1) is 8.50. The second-order valence-electron chi connectivity index (χ2n) is 3.39. The number of hydrogen-bond donors (Lipinski definition) is 2. The van der Waals surface area contributed by atoms with Gasteiger partial charge < -0.3 is 15.2 Å². The smallest absolute Gasteiger partial charge is 0.336 e. The normalized spacial score (nSPS) is 10.7. The van der Waals surface area contributed by atoms with E-state index >= 15 is 0 Å². The number of rotatable bonds is 7. The summed E-state index contributed by atoms with van der Waals surface area (Å²) >= 11 is 3.14. The van der Waals surface area contributed by atoms with E-state index in [1.165, 1.54) is 6.07 Å². The number of carboxylic acid groups (broad SMARTS) is 1. The largest absolute Gasteiger partial charge is 0.478 e. The molecule has 1 aromatic carbocycles. The summed E-state index contributed by atoms with van der Waals surface area (Å²) in [5.74, 6) is -1.02. The van der Waals surface area contributed by atoms with Crippen LogP contribution in [-0.4, -0.2) is 37.3 Å². The molecule has 2 N–H and O–H groups in total. The van der Waals surface area contributed by atoms with Crippen molar-refractivity contribution in [2.24, 2.45) is 0 Å². The fraction of sp³-hybridized carbons (Fsp3) is 0.364. The van der Waals surface area contributed by atoms with E-state index in [0.717, 1.165) is 0 Å². The average molecular weight is 324 g/mol. The Balaban J connectivity index is 2.39. The number of hydrogen-bond acceptors (Lipinski definition) is 3. The molecule has 1 aromatic rings. The van der Waals surface area contributed by atoms with Gasteiger partial charge in [0.1, 0.15) is 6.61 Å². The first-order valence-electron chi connectivity index (χ1n) is 5.13. The van der Waals surface area contributed by atoms with Crippen LogP contribution in [0.15, 0.2) is 22.7 Å². The van der Waals surface area contributed by atoms with E-state index in [1.807, 2.05) is 0 Å². The monoisotopic (exact) mass is 323 g/mol. The van der Waals surface area contributed by atoms with Gasteiger partial charge in [-0.2, -0.15) is 0 Å². The molecule has 18 heavy (non-hydrogen) atoms. The predicted octanol–water partition coefficient (Wildman–Crippen LogP) is 2.84. The fourth-order valence-corrected chi connectivity index (χ4v) is 1.79. The zero-order valence-corrected chi connectivity index (χ0v) is 10.9. The summed E-state index contributed by atoms with van der Waals surface area (Å²) in [7, 11) is 0. The van der Waals surface area contributed by atoms with Crippen LogP contribution in [0.2, 0.25) is 0 Å². The molecule has 0 aliphatic carbocycles. The van der Waals surface area contributed by atoms with E-state index in [-0.39, 0.29) is 12.2 Å². The summed E-state index contributed by atoms with van der Waals surface area (Å²) in [5.41, 5.74) is 0.849. The molecule has 0 amide bonds. The van der Waals surface area contributed by atoms with Crippen LogP contribution in [0.5, 0.6) is 0 Å². The van der Waals surface area contributed by atoms with Crippen molar-refractivity contribution < 1.29 is 23.4 Å². The van der Waals surface area contributed by atoms with E-state index in [9.17, 15) is 13.6 Å². The van der Waals surface area contributed by atoms with Crippen molar-refractivity contribution in [2.45, 2.75) is 6.43 Å². The molecule has 0 unspecified atom stereocenters. The minimum atomic E-state index is -2.46. The van der Waals surface area contributed by atoms with Gasteiger partial charge in [-0.3, -0.25) is 0 Å². The van der Waals surface area contributed by atoms with Crippen LogP contribution in [0.4, 0.5) is 14.5 Å². The molecule has 0 fully saturated rings. The summed E-state index contributed by atoms with van der Waals surface area (Å²) in [5, 5.41) is 11.7. The summed E-state index contributed by atoms with van der Waals surface area (Å²) in [6.45, 7) is -0.0580. The van der Waals surface area contributed by atoms with Crippen molar-refractivity contribution >= 4 is 27.6 Å². The van der Waals surface area contributed by atoms with E-state index < -0.39 is 19.0 Å². The molecule has 7 heteroatoms. The molecule has 0 spiro atoms. The zero-order valence-electron chi connectivity index (χ0n) is 9.33. The lowest BCUT2D eigenvalue weighted by molar-refractivity contribution is 0.0215. The molecule has 0 saturated heterocycles. The Bertz CT molecular complexity index is 415. The molecule has 0 aliphatic rings. The molecular weight excluding hydrogens is 312 g/mol. The van der Waals surface area contributed by atoms with Crippen LogP contribution in [0.1, 0.15) is 10.4 Å². The topological polar surface area (TPSA) is 58.6 Å². The minimum Gasteiger partial charge on any atom is -0.478 e. The number of alkyl halides is 2. The summed E-state index contributed by atoms with van der Waals surface area (Å²) < 4.78 is 28.6. The van der Waals surface area contributed by atoms with Crippen LogP contribution in [0, 0.1) is 0 Å². The number of nitrogens with one attached hydrogen (secondary N) is 1. The van der Waals surface area contributed by atoms with Crippen LogP contribution < -0.4 is 5.32 Å². The number of halogens is 3. The molecule has 100 valence electrons. The molecule has 0 bridgehead atoms. The van der Waals surface area contributed by atoms with Gasteiger partial charge in [-0.25, -0.2) is 13.6 Å². The molecule has 4 nitrogen and oxygen atoms in total. The Labute approximate surface area is 111 Å². The van der Waals surface area contributed by atoms with Gasteiger partial charge in [0.2, 0.25) is 0 Å². The zero-order chi connectivity index (χ0) is 13.5. The highest BCUT2D eigenvalue weighted by Crippen LogP contribution is 2.21. The Kier molecular flexibility index (Phi) is 6.00. The minimum absolute atomic E-state index is 0.155. The number of carboxylic acids is 1. The van der Waals surface area contributed by atoms with Crippen LogP contribution >= 0.6 is 15.9 Å². The number of benzene rings is 1. The van der Waals surface area contributed by atoms with Crippen LogP contribution in [0.3, 0.4) is 0 Å². The van der Waals surface area contributed by atoms with Gasteiger partial charge in [-0.05, 0) is 34.1 Å². The van der Waals surface area contributed by atoms with Crippen molar-refractivity contribution in [3.05, 3.63) is 28.2 Å². The van der Waals surface area contributed by atoms with E-state index in [4.69, 9.17) is 9.84 Å². The predicted molar refractivity (Wildman–Crippen MR) is 66.4 cm³/mol. The number of ether oxygens (including phenoxy) is 1. The molecule has 0 radical (unpaired) electrons. The molecular formula is C11H12BrF2NO3. The fourth-order valence-electron chi connectivity index (χ4n) is 1.24. The lowest BCUT2D eigenvalue weighted by Crippen LogP contribution is -2.13. The lowest BCUT2D eigenvalue weighted by atomic mass is 10.2. The highest BCUT2D eigenvalue weighted by molar-refractivity contribution is 9.10. The standard InChI is InChI=1S/C11H12BrF2NO3/c12-9-5-7(1-2-8(9)11(16)17)15-3-4-18-6-10(13)14/h1-2,5,10,15H,3-4,6H2,(H,16,17). The van der Waals surface area contributed by atoms with Gasteiger partial charge in [0.05, 0.1) is 12.2 Å². The van der Waals surface area contributed by atoms with Gasteiger partial charge in [0, 0.05) is 16.7 Å². The highest BCUT2D eigenvalue weighted by Gasteiger charge is 2.08. The second kappa shape index (κ2) is 7.27. The summed E-state index contributed by atoms with van der Waals surface area (Å²) in [4.78, 5) is 10.8. The van der Waals surface area contributed by atoms with Crippen molar-refractivity contribution in [3.8, 4) is 0 Å². The second-order valence-corrected chi connectivity index (χ2v) is 4.25. The first kappa shape index (κ1) is 14.8. The maximum atomic E-state index is 11.8. The maximum Gasteiger partial charge on any atom is 0.336 e. The Morgan fingerprint density at radius 1 is 1.50 bits per heavy atom. The Hall–Kier alpha value is -1.21. The van der Waals surface area contributed by atoms with Crippen molar-refractivity contribution in [3.63, 3.8) is 0 Å². The lowest BCUT2D eigenvalue weighted by Gasteiger charge is -2.08. The van der Waals surface area contributed by atoms with Gasteiger partial charge in [-0.1, -0.05) is 0 Å². The van der Waals surface area contributed by atoms with Gasteiger partial charge >= 0.3 is 5.97 Å². The first-order valence-corrected chi connectivity index (χ1v) is 5.92. The highest BCUT2D eigenvalue weighted by atomic mass is 79.9. The van der Waals surface area contributed by atoms with Crippen molar-refractivity contribution in [1.29, 1.82) is 0 Å². The third-order valence-corrected chi connectivity index (χ3v) is 2.67.